The number of unbranched alkanes of at least 4 members (excludes halogenated alkanes) is 56. The first-order chi connectivity index (χ1) is 42.5. The maximum absolute atomic E-state index is 12.5. The highest BCUT2D eigenvalue weighted by atomic mass is 16.5. The maximum atomic E-state index is 12.5. The molecule has 0 aliphatic heterocycles. The molecule has 0 aromatic carbocycles. The highest BCUT2D eigenvalue weighted by Crippen LogP contribution is 2.19. The van der Waals surface area contributed by atoms with E-state index in [-0.39, 0.29) is 18.5 Å². The summed E-state index contributed by atoms with van der Waals surface area (Å²) in [5.74, 6) is -0.0568. The van der Waals surface area contributed by atoms with Crippen LogP contribution in [-0.4, -0.2) is 47.4 Å². The molecule has 2 unspecified atom stereocenters. The number of aliphatic hydroxyl groups excluding tert-OH is 2. The van der Waals surface area contributed by atoms with Crippen LogP contribution in [0.3, 0.4) is 0 Å². The molecule has 0 heterocycles. The van der Waals surface area contributed by atoms with Gasteiger partial charge in [-0.1, -0.05) is 371 Å². The number of esters is 1. The predicted molar refractivity (Wildman–Crippen MR) is 379 cm³/mol. The molecule has 0 aliphatic rings. The van der Waals surface area contributed by atoms with E-state index in [4.69, 9.17) is 4.74 Å². The summed E-state index contributed by atoms with van der Waals surface area (Å²) >= 11 is 0. The summed E-state index contributed by atoms with van der Waals surface area (Å²) in [6.07, 6.45) is 99.3. The molecule has 0 fully saturated rings. The van der Waals surface area contributed by atoms with Crippen molar-refractivity contribution in [3.8, 4) is 0 Å². The van der Waals surface area contributed by atoms with Crippen LogP contribution in [0.5, 0.6) is 0 Å². The van der Waals surface area contributed by atoms with Gasteiger partial charge >= 0.3 is 5.97 Å². The molecular formula is C80H151NO5. The first-order valence-electron chi connectivity index (χ1n) is 38.9. The third-order valence-corrected chi connectivity index (χ3v) is 18.1. The van der Waals surface area contributed by atoms with Gasteiger partial charge in [0.05, 0.1) is 25.4 Å². The number of carbonyl (C=O) groups is 2. The normalized spacial score (nSPS) is 12.7. The van der Waals surface area contributed by atoms with E-state index in [0.717, 1.165) is 51.4 Å². The van der Waals surface area contributed by atoms with Crippen molar-refractivity contribution in [1.29, 1.82) is 0 Å². The number of amides is 1. The van der Waals surface area contributed by atoms with Crippen molar-refractivity contribution in [2.24, 2.45) is 0 Å². The average Bonchev–Trinajstić information content (AvgIpc) is 3.53. The van der Waals surface area contributed by atoms with Crippen molar-refractivity contribution in [3.05, 3.63) is 48.6 Å². The van der Waals surface area contributed by atoms with E-state index < -0.39 is 12.1 Å². The van der Waals surface area contributed by atoms with E-state index in [2.05, 4.69) is 55.6 Å². The Kier molecular flexibility index (Phi) is 73.4. The Morgan fingerprint density at radius 2 is 0.581 bits per heavy atom. The number of rotatable bonds is 73. The van der Waals surface area contributed by atoms with Crippen LogP contribution in [0.15, 0.2) is 48.6 Å². The molecule has 86 heavy (non-hydrogen) atoms. The molecule has 0 saturated heterocycles. The predicted octanol–water partition coefficient (Wildman–Crippen LogP) is 25.6. The third-order valence-electron chi connectivity index (χ3n) is 18.1. The van der Waals surface area contributed by atoms with Crippen LogP contribution in [0, 0.1) is 0 Å². The molecule has 0 aromatic rings. The standard InChI is InChI=1S/C80H151NO5/c1-3-5-7-9-11-13-15-17-19-21-23-24-30-33-37-40-44-48-52-56-60-64-68-72-78(83)77(76-82)81-79(84)73-69-65-61-57-53-49-45-41-38-34-31-28-26-25-27-29-32-35-39-43-47-51-55-59-63-67-71-75-86-80(85)74-70-66-62-58-54-50-46-42-36-22-20-18-16-14-12-10-8-6-4-2/h18,20,25-26,29,32,68,72,77-78,82-83H,3-17,19,21-24,27-28,30-31,33-67,69-71,73-76H2,1-2H3,(H,81,84)/b20-18-,26-25-,32-29-,72-68+. The van der Waals surface area contributed by atoms with Gasteiger partial charge in [0.15, 0.2) is 0 Å². The minimum atomic E-state index is -0.849. The summed E-state index contributed by atoms with van der Waals surface area (Å²) in [6, 6.07) is -0.633. The molecule has 0 aliphatic carbocycles. The number of hydrogen-bond acceptors (Lipinski definition) is 5. The number of carbonyl (C=O) groups excluding carboxylic acids is 2. The van der Waals surface area contributed by atoms with Crippen molar-refractivity contribution in [2.75, 3.05) is 13.2 Å². The summed E-state index contributed by atoms with van der Waals surface area (Å²) in [4.78, 5) is 24.7. The van der Waals surface area contributed by atoms with E-state index in [1.54, 1.807) is 6.08 Å². The van der Waals surface area contributed by atoms with Gasteiger partial charge in [-0.05, 0) is 89.9 Å². The van der Waals surface area contributed by atoms with Crippen LogP contribution >= 0.6 is 0 Å². The summed E-state index contributed by atoms with van der Waals surface area (Å²) in [6.45, 7) is 4.94. The molecule has 0 spiro atoms. The van der Waals surface area contributed by atoms with Gasteiger partial charge in [0.1, 0.15) is 0 Å². The quantitative estimate of drug-likeness (QED) is 0.0320. The minimum absolute atomic E-state index is 0.0104. The number of allylic oxidation sites excluding steroid dienone is 7. The highest BCUT2D eigenvalue weighted by molar-refractivity contribution is 5.76. The van der Waals surface area contributed by atoms with Crippen LogP contribution in [-0.2, 0) is 14.3 Å². The topological polar surface area (TPSA) is 95.9 Å². The summed E-state index contributed by atoms with van der Waals surface area (Å²) in [7, 11) is 0. The largest absolute Gasteiger partial charge is 0.466 e. The number of ether oxygens (including phenoxy) is 1. The lowest BCUT2D eigenvalue weighted by Crippen LogP contribution is -2.45. The van der Waals surface area contributed by atoms with Gasteiger partial charge in [-0.25, -0.2) is 0 Å². The van der Waals surface area contributed by atoms with E-state index in [9.17, 15) is 19.8 Å². The van der Waals surface area contributed by atoms with Gasteiger partial charge in [-0.3, -0.25) is 9.59 Å². The second kappa shape index (κ2) is 75.3. The zero-order chi connectivity index (χ0) is 62.0. The lowest BCUT2D eigenvalue weighted by atomic mass is 10.0. The maximum Gasteiger partial charge on any atom is 0.305 e. The molecule has 0 bridgehead atoms. The van der Waals surface area contributed by atoms with Crippen molar-refractivity contribution < 1.29 is 24.5 Å². The van der Waals surface area contributed by atoms with Crippen molar-refractivity contribution in [3.63, 3.8) is 0 Å². The second-order valence-corrected chi connectivity index (χ2v) is 26.7. The van der Waals surface area contributed by atoms with Crippen LogP contribution in [0.1, 0.15) is 425 Å². The molecule has 6 heteroatoms. The number of aliphatic hydroxyl groups is 2. The van der Waals surface area contributed by atoms with Gasteiger partial charge in [0, 0.05) is 12.8 Å². The van der Waals surface area contributed by atoms with Gasteiger partial charge in [-0.2, -0.15) is 0 Å². The summed E-state index contributed by atoms with van der Waals surface area (Å²) < 4.78 is 5.51. The van der Waals surface area contributed by atoms with Gasteiger partial charge in [0.2, 0.25) is 5.91 Å². The first kappa shape index (κ1) is 83.8. The number of nitrogens with one attached hydrogen (secondary N) is 1. The second-order valence-electron chi connectivity index (χ2n) is 26.7. The van der Waals surface area contributed by atoms with Gasteiger partial charge in [-0.15, -0.1) is 0 Å². The number of hydrogen-bond donors (Lipinski definition) is 3. The molecule has 1 amide bonds. The fourth-order valence-electron chi connectivity index (χ4n) is 12.1. The Hall–Kier alpha value is -2.18. The Labute approximate surface area is 537 Å². The van der Waals surface area contributed by atoms with E-state index >= 15 is 0 Å². The zero-order valence-electron chi connectivity index (χ0n) is 58.1. The van der Waals surface area contributed by atoms with Crippen LogP contribution < -0.4 is 5.32 Å². The van der Waals surface area contributed by atoms with E-state index in [1.807, 2.05) is 6.08 Å². The molecule has 3 N–H and O–H groups in total. The van der Waals surface area contributed by atoms with Crippen LogP contribution in [0.2, 0.25) is 0 Å². The van der Waals surface area contributed by atoms with Crippen molar-refractivity contribution >= 4 is 11.9 Å². The highest BCUT2D eigenvalue weighted by Gasteiger charge is 2.18. The SMILES string of the molecule is CCCCCCCC/C=C\CCCCCCCCCCCC(=O)OCCCCCCCCCCC/C=C\C/C=C\CCCCCCCCCCCCCC(=O)NC(CO)C(O)/C=C/CCCCCCCCCCCCCCCCCCCCCCC. The molecule has 506 valence electrons. The smallest absolute Gasteiger partial charge is 0.305 e. The van der Waals surface area contributed by atoms with Gasteiger partial charge in [0.25, 0.3) is 0 Å². The lowest BCUT2D eigenvalue weighted by Gasteiger charge is -2.20. The van der Waals surface area contributed by atoms with Crippen molar-refractivity contribution in [2.45, 2.75) is 437 Å². The molecule has 0 saturated carbocycles. The molecule has 0 aromatic heterocycles. The van der Waals surface area contributed by atoms with E-state index in [1.165, 1.54) is 347 Å². The minimum Gasteiger partial charge on any atom is -0.466 e. The zero-order valence-corrected chi connectivity index (χ0v) is 58.1. The monoisotopic (exact) mass is 1210 g/mol. The Morgan fingerprint density at radius 1 is 0.326 bits per heavy atom. The molecule has 0 radical (unpaired) electrons. The molecular weight excluding hydrogens is 1050 g/mol. The Balaban J connectivity index is 3.43. The lowest BCUT2D eigenvalue weighted by molar-refractivity contribution is -0.143. The Morgan fingerprint density at radius 3 is 0.895 bits per heavy atom. The Bertz CT molecular complexity index is 1440. The molecule has 2 atom stereocenters. The van der Waals surface area contributed by atoms with Crippen molar-refractivity contribution in [1.82, 2.24) is 5.32 Å². The van der Waals surface area contributed by atoms with E-state index in [0.29, 0.717) is 19.4 Å². The summed E-state index contributed by atoms with van der Waals surface area (Å²) in [5.41, 5.74) is 0. The van der Waals surface area contributed by atoms with Crippen LogP contribution in [0.25, 0.3) is 0 Å². The average molecular weight is 1210 g/mol. The summed E-state index contributed by atoms with van der Waals surface area (Å²) in [5, 5.41) is 23.3. The van der Waals surface area contributed by atoms with Gasteiger partial charge < -0.3 is 20.3 Å². The first-order valence-corrected chi connectivity index (χ1v) is 38.9. The molecule has 0 rings (SSSR count). The van der Waals surface area contributed by atoms with Crippen LogP contribution in [0.4, 0.5) is 0 Å². The fraction of sp³-hybridized carbons (Fsp3) is 0.875. The molecule has 6 nitrogen and oxygen atoms in total. The third kappa shape index (κ3) is 70.9. The fourth-order valence-corrected chi connectivity index (χ4v) is 12.1.